The molecule has 2 rings (SSSR count). The predicted octanol–water partition coefficient (Wildman–Crippen LogP) is 3.55. The van der Waals surface area contributed by atoms with Gasteiger partial charge in [0.1, 0.15) is 0 Å². The SMILES string of the molecule is CCCNC(Cc1ccn(C)n1)C1CCC(C)(C)CC1. The third kappa shape index (κ3) is 4.34. The molecule has 1 unspecified atom stereocenters. The van der Waals surface area contributed by atoms with E-state index in [0.29, 0.717) is 11.5 Å². The van der Waals surface area contributed by atoms with Crippen LogP contribution in [-0.2, 0) is 13.5 Å². The molecule has 1 saturated carbocycles. The molecule has 1 aromatic heterocycles. The highest BCUT2D eigenvalue weighted by Crippen LogP contribution is 2.39. The zero-order chi connectivity index (χ0) is 14.6. The number of rotatable bonds is 6. The van der Waals surface area contributed by atoms with Crippen molar-refractivity contribution in [3.8, 4) is 0 Å². The van der Waals surface area contributed by atoms with Crippen LogP contribution in [0, 0.1) is 11.3 Å². The number of nitrogens with zero attached hydrogens (tertiary/aromatic N) is 2. The van der Waals surface area contributed by atoms with Crippen molar-refractivity contribution in [2.24, 2.45) is 18.4 Å². The van der Waals surface area contributed by atoms with E-state index in [1.165, 1.54) is 37.8 Å². The molecule has 0 spiro atoms. The fourth-order valence-electron chi connectivity index (χ4n) is 3.36. The van der Waals surface area contributed by atoms with Crippen LogP contribution >= 0.6 is 0 Å². The molecule has 0 saturated heterocycles. The van der Waals surface area contributed by atoms with Gasteiger partial charge in [-0.25, -0.2) is 0 Å². The Labute approximate surface area is 124 Å². The number of hydrogen-bond acceptors (Lipinski definition) is 2. The van der Waals surface area contributed by atoms with E-state index in [9.17, 15) is 0 Å². The van der Waals surface area contributed by atoms with Gasteiger partial charge in [0.2, 0.25) is 0 Å². The molecule has 1 fully saturated rings. The summed E-state index contributed by atoms with van der Waals surface area (Å²) in [6.07, 6.45) is 9.79. The molecule has 1 aliphatic rings. The van der Waals surface area contributed by atoms with Gasteiger partial charge in [-0.15, -0.1) is 0 Å². The molecule has 1 aliphatic carbocycles. The third-order valence-corrected chi connectivity index (χ3v) is 4.81. The maximum Gasteiger partial charge on any atom is 0.0640 e. The summed E-state index contributed by atoms with van der Waals surface area (Å²) >= 11 is 0. The first-order valence-electron chi connectivity index (χ1n) is 8.22. The van der Waals surface area contributed by atoms with Crippen LogP contribution in [-0.4, -0.2) is 22.4 Å². The number of nitrogens with one attached hydrogen (secondary N) is 1. The molecule has 0 aromatic carbocycles. The van der Waals surface area contributed by atoms with Gasteiger partial charge in [-0.05, 0) is 56.0 Å². The number of aromatic nitrogens is 2. The smallest absolute Gasteiger partial charge is 0.0640 e. The molecule has 3 heteroatoms. The highest BCUT2D eigenvalue weighted by molar-refractivity contribution is 5.03. The summed E-state index contributed by atoms with van der Waals surface area (Å²) in [4.78, 5) is 0. The van der Waals surface area contributed by atoms with E-state index in [0.717, 1.165) is 18.9 Å². The van der Waals surface area contributed by atoms with E-state index in [2.05, 4.69) is 43.4 Å². The van der Waals surface area contributed by atoms with Gasteiger partial charge in [0.25, 0.3) is 0 Å². The Hall–Kier alpha value is -0.830. The molecule has 3 nitrogen and oxygen atoms in total. The molecule has 0 aliphatic heterocycles. The maximum absolute atomic E-state index is 4.56. The maximum atomic E-state index is 4.56. The van der Waals surface area contributed by atoms with Crippen LogP contribution in [0.4, 0.5) is 0 Å². The van der Waals surface area contributed by atoms with Crippen molar-refractivity contribution in [3.05, 3.63) is 18.0 Å². The Kier molecular flexibility index (Phi) is 5.25. The molecule has 0 bridgehead atoms. The summed E-state index contributed by atoms with van der Waals surface area (Å²) in [7, 11) is 2.00. The van der Waals surface area contributed by atoms with Crippen molar-refractivity contribution >= 4 is 0 Å². The summed E-state index contributed by atoms with van der Waals surface area (Å²) in [6.45, 7) is 8.19. The molecule has 114 valence electrons. The third-order valence-electron chi connectivity index (χ3n) is 4.81. The molecule has 1 N–H and O–H groups in total. The summed E-state index contributed by atoms with van der Waals surface area (Å²) in [5, 5.41) is 8.33. The second-order valence-corrected chi connectivity index (χ2v) is 7.25. The van der Waals surface area contributed by atoms with Crippen molar-refractivity contribution in [1.82, 2.24) is 15.1 Å². The van der Waals surface area contributed by atoms with Crippen LogP contribution in [0.5, 0.6) is 0 Å². The van der Waals surface area contributed by atoms with Crippen molar-refractivity contribution in [3.63, 3.8) is 0 Å². The Morgan fingerprint density at radius 3 is 2.65 bits per heavy atom. The van der Waals surface area contributed by atoms with Crippen LogP contribution in [0.2, 0.25) is 0 Å². The molecule has 1 atom stereocenters. The quantitative estimate of drug-likeness (QED) is 0.862. The minimum atomic E-state index is 0.552. The Morgan fingerprint density at radius 1 is 1.40 bits per heavy atom. The van der Waals surface area contributed by atoms with Gasteiger partial charge < -0.3 is 5.32 Å². The normalized spacial score (nSPS) is 21.0. The van der Waals surface area contributed by atoms with Crippen molar-refractivity contribution < 1.29 is 0 Å². The summed E-state index contributed by atoms with van der Waals surface area (Å²) in [5.74, 6) is 0.816. The van der Waals surface area contributed by atoms with E-state index >= 15 is 0 Å². The minimum Gasteiger partial charge on any atom is -0.313 e. The zero-order valence-electron chi connectivity index (χ0n) is 13.7. The van der Waals surface area contributed by atoms with Crippen LogP contribution in [0.15, 0.2) is 12.3 Å². The lowest BCUT2D eigenvalue weighted by Crippen LogP contribution is -2.41. The zero-order valence-corrected chi connectivity index (χ0v) is 13.7. The van der Waals surface area contributed by atoms with Crippen molar-refractivity contribution in [2.75, 3.05) is 6.54 Å². The minimum absolute atomic E-state index is 0.552. The van der Waals surface area contributed by atoms with Gasteiger partial charge in [0.05, 0.1) is 5.69 Å². The monoisotopic (exact) mass is 277 g/mol. The molecule has 1 heterocycles. The van der Waals surface area contributed by atoms with E-state index in [4.69, 9.17) is 0 Å². The van der Waals surface area contributed by atoms with Crippen LogP contribution in [0.3, 0.4) is 0 Å². The van der Waals surface area contributed by atoms with Gasteiger partial charge in [-0.3, -0.25) is 4.68 Å². The van der Waals surface area contributed by atoms with Crippen molar-refractivity contribution in [2.45, 2.75) is 65.3 Å². The average molecular weight is 277 g/mol. The molecule has 20 heavy (non-hydrogen) atoms. The molecule has 1 aromatic rings. The van der Waals surface area contributed by atoms with Crippen LogP contribution < -0.4 is 5.32 Å². The van der Waals surface area contributed by atoms with Gasteiger partial charge in [0, 0.05) is 25.7 Å². The molecule has 0 radical (unpaired) electrons. The number of aryl methyl sites for hydroxylation is 1. The lowest BCUT2D eigenvalue weighted by atomic mass is 9.70. The van der Waals surface area contributed by atoms with Crippen LogP contribution in [0.1, 0.15) is 58.6 Å². The van der Waals surface area contributed by atoms with Gasteiger partial charge in [-0.2, -0.15) is 5.10 Å². The molecular formula is C17H31N3. The highest BCUT2D eigenvalue weighted by Gasteiger charge is 2.31. The first kappa shape index (κ1) is 15.6. The highest BCUT2D eigenvalue weighted by atomic mass is 15.2. The van der Waals surface area contributed by atoms with E-state index in [1.54, 1.807) is 0 Å². The van der Waals surface area contributed by atoms with Gasteiger partial charge >= 0.3 is 0 Å². The van der Waals surface area contributed by atoms with Crippen LogP contribution in [0.25, 0.3) is 0 Å². The summed E-state index contributed by atoms with van der Waals surface area (Å²) in [5.41, 5.74) is 1.78. The average Bonchev–Trinajstić information content (AvgIpc) is 2.80. The first-order valence-corrected chi connectivity index (χ1v) is 8.22. The van der Waals surface area contributed by atoms with E-state index < -0.39 is 0 Å². The lowest BCUT2D eigenvalue weighted by Gasteiger charge is -2.38. The Bertz CT molecular complexity index is 398. The second kappa shape index (κ2) is 6.75. The lowest BCUT2D eigenvalue weighted by molar-refractivity contribution is 0.160. The standard InChI is InChI=1S/C17H31N3/c1-5-11-18-16(13-15-8-12-20(4)19-15)14-6-9-17(2,3)10-7-14/h8,12,14,16,18H,5-7,9-11,13H2,1-4H3. The predicted molar refractivity (Wildman–Crippen MR) is 84.7 cm³/mol. The Balaban J connectivity index is 1.96. The Morgan fingerprint density at radius 2 is 2.10 bits per heavy atom. The fraction of sp³-hybridized carbons (Fsp3) is 0.824. The largest absolute Gasteiger partial charge is 0.313 e. The fourth-order valence-corrected chi connectivity index (χ4v) is 3.36. The molecule has 0 amide bonds. The summed E-state index contributed by atoms with van der Waals surface area (Å²) in [6, 6.07) is 2.76. The van der Waals surface area contributed by atoms with Gasteiger partial charge in [-0.1, -0.05) is 20.8 Å². The van der Waals surface area contributed by atoms with E-state index in [-0.39, 0.29) is 0 Å². The topological polar surface area (TPSA) is 29.9 Å². The van der Waals surface area contributed by atoms with Gasteiger partial charge in [0.15, 0.2) is 0 Å². The first-order chi connectivity index (χ1) is 9.50. The second-order valence-electron chi connectivity index (χ2n) is 7.25. The molecular weight excluding hydrogens is 246 g/mol. The number of hydrogen-bond donors (Lipinski definition) is 1. The van der Waals surface area contributed by atoms with E-state index in [1.807, 2.05) is 11.7 Å². The van der Waals surface area contributed by atoms with Crippen molar-refractivity contribution in [1.29, 1.82) is 0 Å². The summed E-state index contributed by atoms with van der Waals surface area (Å²) < 4.78 is 1.91.